The molecule has 2 heteroatoms. The van der Waals surface area contributed by atoms with E-state index >= 15 is 0 Å². The molecule has 9 aromatic carbocycles. The van der Waals surface area contributed by atoms with Gasteiger partial charge in [0.15, 0.2) is 0 Å². The number of rotatable bonds is 9. The first-order valence-electron chi connectivity index (χ1n) is 22.7. The van der Waals surface area contributed by atoms with Gasteiger partial charge in [-0.25, -0.2) is 4.98 Å². The topological polar surface area (TPSA) is 16.1 Å². The monoisotopic (exact) mass is 834 g/mol. The van der Waals surface area contributed by atoms with E-state index in [-0.39, 0.29) is 10.8 Å². The molecule has 11 rings (SSSR count). The summed E-state index contributed by atoms with van der Waals surface area (Å²) >= 11 is 0. The smallest absolute Gasteiger partial charge is 0.0788 e. The molecule has 1 aromatic heterocycles. The highest BCUT2D eigenvalue weighted by Gasteiger charge is 2.36. The molecule has 10 aromatic rings. The minimum atomic E-state index is -0.217. The van der Waals surface area contributed by atoms with Gasteiger partial charge in [-0.1, -0.05) is 204 Å². The Kier molecular flexibility index (Phi) is 9.89. The molecule has 0 saturated carbocycles. The summed E-state index contributed by atoms with van der Waals surface area (Å²) in [5.41, 5.74) is 20.9. The van der Waals surface area contributed by atoms with Gasteiger partial charge in [-0.2, -0.15) is 0 Å². The highest BCUT2D eigenvalue weighted by Crippen LogP contribution is 2.52. The molecule has 2 nitrogen and oxygen atoms in total. The van der Waals surface area contributed by atoms with Crippen molar-refractivity contribution in [2.45, 2.75) is 38.5 Å². The van der Waals surface area contributed by atoms with E-state index < -0.39 is 0 Å². The van der Waals surface area contributed by atoms with Crippen LogP contribution in [0.15, 0.2) is 231 Å². The average molecular weight is 835 g/mol. The van der Waals surface area contributed by atoms with Gasteiger partial charge in [0.25, 0.3) is 0 Å². The summed E-state index contributed by atoms with van der Waals surface area (Å²) in [7, 11) is 0. The zero-order chi connectivity index (χ0) is 44.1. The number of pyridine rings is 1. The van der Waals surface area contributed by atoms with Crippen LogP contribution >= 0.6 is 0 Å². The molecule has 0 atom stereocenters. The Balaban J connectivity index is 1.01. The first kappa shape index (κ1) is 40.0. The number of anilines is 3. The van der Waals surface area contributed by atoms with Gasteiger partial charge < -0.3 is 4.90 Å². The second kappa shape index (κ2) is 16.1. The summed E-state index contributed by atoms with van der Waals surface area (Å²) < 4.78 is 0. The largest absolute Gasteiger partial charge is 0.310 e. The van der Waals surface area contributed by atoms with Gasteiger partial charge in [0.1, 0.15) is 0 Å². The summed E-state index contributed by atoms with van der Waals surface area (Å²) in [6, 6.07) is 84.0. The lowest BCUT2D eigenvalue weighted by atomic mass is 9.78. The highest BCUT2D eigenvalue weighted by atomic mass is 15.1. The quantitative estimate of drug-likeness (QED) is 0.144. The third kappa shape index (κ3) is 7.22. The maximum Gasteiger partial charge on any atom is 0.0788 e. The summed E-state index contributed by atoms with van der Waals surface area (Å²) in [5.74, 6) is 0. The molecule has 0 aliphatic heterocycles. The minimum Gasteiger partial charge on any atom is -0.310 e. The van der Waals surface area contributed by atoms with Crippen LogP contribution in [0.25, 0.3) is 66.7 Å². The molecular weight excluding hydrogens is 785 g/mol. The Morgan fingerprint density at radius 2 is 0.908 bits per heavy atom. The van der Waals surface area contributed by atoms with Crippen LogP contribution in [0.4, 0.5) is 17.1 Å². The van der Waals surface area contributed by atoms with Crippen molar-refractivity contribution in [1.82, 2.24) is 4.98 Å². The molecule has 0 fully saturated rings. The summed E-state index contributed by atoms with van der Waals surface area (Å²) in [6.07, 6.45) is 0. The van der Waals surface area contributed by atoms with Gasteiger partial charge in [0.05, 0.1) is 11.2 Å². The fourth-order valence-electron chi connectivity index (χ4n) is 9.99. The molecule has 0 unspecified atom stereocenters. The van der Waals surface area contributed by atoms with Gasteiger partial charge in [-0.3, -0.25) is 0 Å². The Morgan fingerprint density at radius 3 is 1.60 bits per heavy atom. The van der Waals surface area contributed by atoms with Crippen LogP contribution in [-0.2, 0) is 10.8 Å². The maximum atomic E-state index is 5.33. The molecule has 0 amide bonds. The Hall–Kier alpha value is -7.81. The van der Waals surface area contributed by atoms with Crippen LogP contribution in [0.5, 0.6) is 0 Å². The van der Waals surface area contributed by atoms with Crippen molar-refractivity contribution in [3.63, 3.8) is 0 Å². The number of nitrogens with zero attached hydrogens (tertiary/aromatic N) is 2. The number of benzene rings is 9. The van der Waals surface area contributed by atoms with Gasteiger partial charge in [0.2, 0.25) is 0 Å². The number of hydrogen-bond acceptors (Lipinski definition) is 2. The lowest BCUT2D eigenvalue weighted by Gasteiger charge is -2.30. The van der Waals surface area contributed by atoms with E-state index in [4.69, 9.17) is 4.98 Å². The number of para-hydroxylation sites is 1. The van der Waals surface area contributed by atoms with Crippen LogP contribution in [0.2, 0.25) is 0 Å². The molecule has 1 heterocycles. The molecule has 0 radical (unpaired) electrons. The maximum absolute atomic E-state index is 5.33. The standard InChI is InChI=1S/C63H50N2/c1-62(2,50-22-12-7-13-23-50)51-24-16-25-53(41-51)65(52-34-31-46(32-35-52)45-29-27-44(28-30-45)43-17-8-5-9-18-43)54-36-38-58-57(42-54)55-37-33-49(40-59(55)63(58,3)4)61-56(47-19-10-6-11-20-47)39-48-21-14-15-26-60(48)64-61/h5-42H,1-4H3. The third-order valence-electron chi connectivity index (χ3n) is 13.8. The normalized spacial score (nSPS) is 12.7. The van der Waals surface area contributed by atoms with Crippen molar-refractivity contribution in [2.75, 3.05) is 4.90 Å². The van der Waals surface area contributed by atoms with Gasteiger partial charge in [0, 0.05) is 44.4 Å². The second-order valence-corrected chi connectivity index (χ2v) is 18.4. The summed E-state index contributed by atoms with van der Waals surface area (Å²) in [4.78, 5) is 7.76. The molecule has 65 heavy (non-hydrogen) atoms. The van der Waals surface area contributed by atoms with E-state index in [9.17, 15) is 0 Å². The molecular formula is C63H50N2. The molecule has 312 valence electrons. The first-order valence-corrected chi connectivity index (χ1v) is 22.7. The van der Waals surface area contributed by atoms with E-state index in [0.29, 0.717) is 0 Å². The van der Waals surface area contributed by atoms with Crippen LogP contribution in [0.3, 0.4) is 0 Å². The molecule has 0 saturated heterocycles. The summed E-state index contributed by atoms with van der Waals surface area (Å²) in [6.45, 7) is 9.38. The Morgan fingerprint density at radius 1 is 0.369 bits per heavy atom. The number of hydrogen-bond donors (Lipinski definition) is 0. The lowest BCUT2D eigenvalue weighted by molar-refractivity contribution is 0.641. The lowest BCUT2D eigenvalue weighted by Crippen LogP contribution is -2.20. The zero-order valence-corrected chi connectivity index (χ0v) is 37.3. The van der Waals surface area contributed by atoms with Gasteiger partial charge in [-0.05, 0) is 116 Å². The zero-order valence-electron chi connectivity index (χ0n) is 37.3. The number of fused-ring (bicyclic) bond motifs is 4. The van der Waals surface area contributed by atoms with Crippen molar-refractivity contribution < 1.29 is 0 Å². The van der Waals surface area contributed by atoms with Crippen LogP contribution in [0.1, 0.15) is 49.9 Å². The van der Waals surface area contributed by atoms with E-state index in [1.54, 1.807) is 0 Å². The highest BCUT2D eigenvalue weighted by molar-refractivity contribution is 5.94. The van der Waals surface area contributed by atoms with E-state index in [0.717, 1.165) is 44.8 Å². The molecule has 0 bridgehead atoms. The molecule has 0 N–H and O–H groups in total. The van der Waals surface area contributed by atoms with E-state index in [2.05, 4.69) is 263 Å². The Bertz CT molecular complexity index is 3330. The van der Waals surface area contributed by atoms with E-state index in [1.807, 2.05) is 0 Å². The third-order valence-corrected chi connectivity index (χ3v) is 13.8. The molecule has 1 aliphatic rings. The van der Waals surface area contributed by atoms with Crippen molar-refractivity contribution in [1.29, 1.82) is 0 Å². The van der Waals surface area contributed by atoms with Crippen molar-refractivity contribution in [2.24, 2.45) is 0 Å². The summed E-state index contributed by atoms with van der Waals surface area (Å²) in [5, 5.41) is 1.14. The first-order chi connectivity index (χ1) is 31.7. The predicted octanol–water partition coefficient (Wildman–Crippen LogP) is 17.0. The fraction of sp³-hybridized carbons (Fsp3) is 0.0952. The minimum absolute atomic E-state index is 0.197. The van der Waals surface area contributed by atoms with Crippen LogP contribution in [-0.4, -0.2) is 4.98 Å². The van der Waals surface area contributed by atoms with Crippen LogP contribution in [0, 0.1) is 0 Å². The van der Waals surface area contributed by atoms with Gasteiger partial charge in [-0.15, -0.1) is 0 Å². The SMILES string of the molecule is CC(C)(c1ccccc1)c1cccc(N(c2ccc(-c3ccc(-c4ccccc4)cc3)cc2)c2ccc3c(c2)-c2ccc(-c4nc5ccccc5cc4-c4ccccc4)cc2C3(C)C)c1. The fourth-order valence-corrected chi connectivity index (χ4v) is 9.99. The second-order valence-electron chi connectivity index (χ2n) is 18.4. The van der Waals surface area contributed by atoms with Crippen LogP contribution < -0.4 is 4.90 Å². The number of aromatic nitrogens is 1. The Labute approximate surface area is 383 Å². The van der Waals surface area contributed by atoms with Crippen molar-refractivity contribution in [3.05, 3.63) is 253 Å². The van der Waals surface area contributed by atoms with Crippen molar-refractivity contribution in [3.8, 4) is 55.8 Å². The molecule has 0 spiro atoms. The average Bonchev–Trinajstić information content (AvgIpc) is 3.59. The predicted molar refractivity (Wildman–Crippen MR) is 274 cm³/mol. The molecule has 1 aliphatic carbocycles. The van der Waals surface area contributed by atoms with Crippen molar-refractivity contribution >= 4 is 28.0 Å². The van der Waals surface area contributed by atoms with Gasteiger partial charge >= 0.3 is 0 Å². The van der Waals surface area contributed by atoms with E-state index in [1.165, 1.54) is 61.2 Å².